The van der Waals surface area contributed by atoms with Crippen LogP contribution in [0.2, 0.25) is 0 Å². The second kappa shape index (κ2) is 116. The van der Waals surface area contributed by atoms with Crippen molar-refractivity contribution >= 4 is 168 Å². The zero-order valence-electron chi connectivity index (χ0n) is 52.7. The Balaban J connectivity index is -0.000000137. The normalized spacial score (nSPS) is 15.4. The quantitative estimate of drug-likeness (QED) is 0.0169. The molecule has 3 saturated heterocycles. The Kier molecular flexibility index (Phi) is 144. The van der Waals surface area contributed by atoms with Crippen molar-refractivity contribution in [3.8, 4) is 0 Å². The summed E-state index contributed by atoms with van der Waals surface area (Å²) in [5.41, 5.74) is 1.23. The number of alkyl halides is 4. The SMILES string of the molecule is BrCOC1CCCCO1.BrP(Br)Br.CCOCCOCOCOC1CCCCO1.COCCOCCl.COCCOCCl.COCCOCOCO.COCCOCOCOCSC.CSCOCBr.CSCOCO.OCOC1CCCCO1.[Br][Zn][Br]. The van der Waals surface area contributed by atoms with Crippen molar-refractivity contribution in [3.63, 3.8) is 0 Å². The number of aliphatic hydroxyl groups excluding tert-OH is 3. The van der Waals surface area contributed by atoms with E-state index in [1.54, 1.807) is 63.7 Å². The van der Waals surface area contributed by atoms with Gasteiger partial charge in [-0.1, -0.05) is 55.1 Å². The summed E-state index contributed by atoms with van der Waals surface area (Å²) in [4.78, 5) is 0. The van der Waals surface area contributed by atoms with Gasteiger partial charge in [-0.3, -0.25) is 0 Å². The second-order valence-corrected chi connectivity index (χ2v) is 47.9. The molecule has 0 spiro atoms. The van der Waals surface area contributed by atoms with Crippen molar-refractivity contribution < 1.29 is 133 Å². The molecular weight excluding hydrogens is 1810 g/mol. The van der Waals surface area contributed by atoms with Crippen molar-refractivity contribution in [2.24, 2.45) is 0 Å². The number of thioether (sulfide) groups is 3. The molecule has 0 saturated carbocycles. The Hall–Kier alpha value is 5.04. The first-order chi connectivity index (χ1) is 42.9. The number of aliphatic hydroxyl groups is 3. The van der Waals surface area contributed by atoms with Gasteiger partial charge in [-0.2, -0.15) is 0 Å². The van der Waals surface area contributed by atoms with Crippen LogP contribution in [0, 0.1) is 0 Å². The fourth-order valence-electron chi connectivity index (χ4n) is 4.62. The topological polar surface area (TPSA) is 264 Å². The van der Waals surface area contributed by atoms with E-state index in [2.05, 4.69) is 129 Å². The molecule has 3 rings (SSSR count). The van der Waals surface area contributed by atoms with E-state index >= 15 is 0 Å². The molecule has 3 fully saturated rings. The van der Waals surface area contributed by atoms with Gasteiger partial charge in [0.25, 0.3) is 0 Å². The molecule has 0 amide bonds. The first kappa shape index (κ1) is 109. The molecule has 0 aromatic carbocycles. The molecule has 0 radical (unpaired) electrons. The van der Waals surface area contributed by atoms with E-state index in [1.807, 2.05) is 25.7 Å². The van der Waals surface area contributed by atoms with Crippen molar-refractivity contribution in [2.45, 2.75) is 83.6 Å². The summed E-state index contributed by atoms with van der Waals surface area (Å²) in [7, 11) is 6.47. The maximum absolute atomic E-state index is 8.32. The molecule has 540 valence electrons. The van der Waals surface area contributed by atoms with Crippen molar-refractivity contribution in [2.75, 3.05) is 235 Å². The monoisotopic (exact) mass is 1910 g/mol. The summed E-state index contributed by atoms with van der Waals surface area (Å²) in [5.74, 6) is 2.01. The first-order valence-corrected chi connectivity index (χ1v) is 55.7. The third-order valence-corrected chi connectivity index (χ3v) is 10.4. The van der Waals surface area contributed by atoms with Crippen molar-refractivity contribution in [1.29, 1.82) is 0 Å². The van der Waals surface area contributed by atoms with Crippen molar-refractivity contribution in [3.05, 3.63) is 0 Å². The zero-order chi connectivity index (χ0) is 67.6. The van der Waals surface area contributed by atoms with Gasteiger partial charge in [-0.15, -0.1) is 35.3 Å². The molecule has 3 N–H and O–H groups in total. The van der Waals surface area contributed by atoms with Crippen LogP contribution in [0.3, 0.4) is 0 Å². The average molecular weight is 1920 g/mol. The molecule has 3 atom stereocenters. The average Bonchev–Trinajstić information content (AvgIpc) is 3.57. The molecule has 0 aromatic rings. The summed E-state index contributed by atoms with van der Waals surface area (Å²) >= 11 is 37.2. The number of hydrogen-bond acceptors (Lipinski definition) is 28. The molecule has 3 heterocycles. The van der Waals surface area contributed by atoms with Crippen LogP contribution in [0.15, 0.2) is 0 Å². The molecule has 0 bridgehead atoms. The molecule has 3 aliphatic heterocycles. The third kappa shape index (κ3) is 135. The van der Waals surface area contributed by atoms with Crippen LogP contribution in [0.4, 0.5) is 0 Å². The van der Waals surface area contributed by atoms with Gasteiger partial charge in [0, 0.05) is 54.9 Å². The third-order valence-electron chi connectivity index (χ3n) is 8.25. The van der Waals surface area contributed by atoms with Crippen LogP contribution in [0.25, 0.3) is 0 Å². The van der Waals surface area contributed by atoms with Gasteiger partial charge >= 0.3 is 40.5 Å². The summed E-state index contributed by atoms with van der Waals surface area (Å²) < 4.78 is 108. The van der Waals surface area contributed by atoms with Gasteiger partial charge in [0.1, 0.15) is 68.0 Å². The van der Waals surface area contributed by atoms with Gasteiger partial charge in [0.15, 0.2) is 32.5 Å². The van der Waals surface area contributed by atoms with Gasteiger partial charge < -0.3 is 120 Å². The summed E-state index contributed by atoms with van der Waals surface area (Å²) in [6, 6.07) is 0.507. The standard InChI is InChI=1S/C11H22O5.C7H16O4S.C6H11BrO2.C6H12O3.C5H12O4.2C4H9ClO2.C3H7BrOS.C3H8O2S.Br3P.2BrH.Zn/c1-2-12-7-8-13-9-14-10-16-11-5-3-4-6-15-11;1-8-3-4-9-5-10-6-11-7-12-2;2*7-5-9-6-3-1-2-4-8-6;1-7-2-3-8-5-9-4-6;2*1-6-2-3-7-4-5;2*1-6-3-5-2-4;1-4(2)3;;;/h11H,2-10H2,1H3;3-7H2,1-2H3;6H,1-5H2;6-7H,1-5H2;6H,2-5H2,1H3;2*2-4H2,1H3;2-3H2,1H3;4H,2-3H2,1H3;;2*1H;/q;;;;;;;;;;;;+2/p-2. The second-order valence-electron chi connectivity index (χ2n) is 14.7. The summed E-state index contributed by atoms with van der Waals surface area (Å²) in [5, 5.41) is 24.4. The fraction of sp³-hybridized carbons (Fsp3) is 1.00. The predicted octanol–water partition coefficient (Wildman–Crippen LogP) is 13.1. The number of hydrogen-bond donors (Lipinski definition) is 3. The van der Waals surface area contributed by atoms with E-state index in [9.17, 15) is 0 Å². The Bertz CT molecular complexity index is 1000. The maximum atomic E-state index is 8.32. The Labute approximate surface area is 613 Å². The number of halogens is 9. The van der Waals surface area contributed by atoms with E-state index in [4.69, 9.17) is 119 Å². The van der Waals surface area contributed by atoms with Crippen LogP contribution in [-0.4, -0.2) is 269 Å². The van der Waals surface area contributed by atoms with E-state index < -0.39 is 0 Å². The number of ether oxygens (including phenoxy) is 22. The van der Waals surface area contributed by atoms with Crippen LogP contribution in [-0.2, 0) is 117 Å². The van der Waals surface area contributed by atoms with E-state index in [-0.39, 0.29) is 103 Å². The number of rotatable bonds is 42. The Morgan fingerprint density at radius 1 is 0.432 bits per heavy atom. The van der Waals surface area contributed by atoms with E-state index in [0.29, 0.717) is 95.6 Å². The molecule has 0 aliphatic carbocycles. The van der Waals surface area contributed by atoms with Gasteiger partial charge in [0.2, 0.25) is 0 Å². The number of methoxy groups -OCH3 is 4. The Morgan fingerprint density at radius 3 is 1.09 bits per heavy atom. The molecular formula is C49H106Br7Cl2O25PS3Zn. The van der Waals surface area contributed by atoms with E-state index in [0.717, 1.165) is 70.7 Å². The minimum absolute atomic E-state index is 0.0538. The zero-order valence-corrected chi connectivity index (χ0v) is 71.6. The van der Waals surface area contributed by atoms with Crippen molar-refractivity contribution in [1.82, 2.24) is 0 Å². The van der Waals surface area contributed by atoms with E-state index in [1.165, 1.54) is 12.8 Å². The molecule has 39 heteroatoms. The van der Waals surface area contributed by atoms with Gasteiger partial charge in [-0.25, -0.2) is 0 Å². The predicted molar refractivity (Wildman–Crippen MR) is 376 cm³/mol. The minimum atomic E-state index is -0.299. The molecule has 25 nitrogen and oxygen atoms in total. The van der Waals surface area contributed by atoms with Crippen LogP contribution in [0.5, 0.6) is 0 Å². The summed E-state index contributed by atoms with van der Waals surface area (Å²) in [6.45, 7) is 11.3. The molecule has 3 unspecified atom stereocenters. The first-order valence-electron chi connectivity index (χ1n) is 26.9. The molecule has 0 aromatic heterocycles. The molecule has 88 heavy (non-hydrogen) atoms. The Morgan fingerprint density at radius 2 is 0.773 bits per heavy atom. The van der Waals surface area contributed by atoms with Gasteiger partial charge in [-0.05, 0) is 130 Å². The van der Waals surface area contributed by atoms with Crippen LogP contribution >= 0.6 is 168 Å². The molecule has 3 aliphatic rings. The fourth-order valence-corrected chi connectivity index (χ4v) is 6.23. The van der Waals surface area contributed by atoms with Gasteiger partial charge in [0.05, 0.1) is 83.9 Å². The van der Waals surface area contributed by atoms with Crippen LogP contribution < -0.4 is 0 Å². The summed E-state index contributed by atoms with van der Waals surface area (Å²) in [6.07, 6.45) is 15.6. The van der Waals surface area contributed by atoms with Crippen LogP contribution in [0.1, 0.15) is 64.7 Å².